The lowest BCUT2D eigenvalue weighted by atomic mass is 9.98. The molecule has 2 atom stereocenters. The van der Waals surface area contributed by atoms with Crippen LogP contribution in [0.25, 0.3) is 0 Å². The van der Waals surface area contributed by atoms with Crippen LogP contribution in [0.4, 0.5) is 0 Å². The molecule has 1 saturated heterocycles. The summed E-state index contributed by atoms with van der Waals surface area (Å²) in [6.07, 6.45) is 4.15. The molecule has 0 bridgehead atoms. The maximum Gasteiger partial charge on any atom is 0.0597 e. The molecule has 1 aliphatic rings. The monoisotopic (exact) mass is 242 g/mol. The van der Waals surface area contributed by atoms with Gasteiger partial charge in [-0.15, -0.1) is 0 Å². The van der Waals surface area contributed by atoms with Gasteiger partial charge in [-0.05, 0) is 53.1 Å². The number of likely N-dealkylation sites (tertiary alicyclic amines) is 1. The van der Waals surface area contributed by atoms with Gasteiger partial charge in [0, 0.05) is 18.6 Å². The highest BCUT2D eigenvalue weighted by Crippen LogP contribution is 2.17. The largest absolute Gasteiger partial charge is 0.377 e. The van der Waals surface area contributed by atoms with Crippen LogP contribution in [0.3, 0.4) is 0 Å². The lowest BCUT2D eigenvalue weighted by Gasteiger charge is -2.38. The molecule has 1 rings (SSSR count). The van der Waals surface area contributed by atoms with Crippen molar-refractivity contribution in [3.63, 3.8) is 0 Å². The predicted octanol–water partition coefficient (Wildman–Crippen LogP) is 2.26. The molecule has 0 amide bonds. The smallest absolute Gasteiger partial charge is 0.0597 e. The van der Waals surface area contributed by atoms with E-state index in [9.17, 15) is 0 Å². The second-order valence-corrected chi connectivity index (χ2v) is 5.48. The first-order valence-corrected chi connectivity index (χ1v) is 7.22. The maximum absolute atomic E-state index is 5.63. The normalized spacial score (nSPS) is 26.6. The van der Waals surface area contributed by atoms with E-state index in [-0.39, 0.29) is 0 Å². The molecule has 0 spiro atoms. The highest BCUT2D eigenvalue weighted by Gasteiger charge is 2.24. The van der Waals surface area contributed by atoms with Gasteiger partial charge in [0.2, 0.25) is 0 Å². The van der Waals surface area contributed by atoms with E-state index in [0.29, 0.717) is 12.1 Å². The molecule has 17 heavy (non-hydrogen) atoms. The average molecular weight is 242 g/mol. The summed E-state index contributed by atoms with van der Waals surface area (Å²) in [5.74, 6) is 0. The van der Waals surface area contributed by atoms with E-state index in [1.807, 2.05) is 0 Å². The second-order valence-electron chi connectivity index (χ2n) is 5.48. The standard InChI is InChI=1S/C14H30N2O/c1-5-7-15-14-6-8-16(13(4)11-14)9-10-17-12(2)3/h12-15H,5-11H2,1-4H3. The molecule has 3 heteroatoms. The van der Waals surface area contributed by atoms with E-state index < -0.39 is 0 Å². The number of hydrogen-bond acceptors (Lipinski definition) is 3. The Hall–Kier alpha value is -0.120. The summed E-state index contributed by atoms with van der Waals surface area (Å²) in [5, 5.41) is 3.64. The van der Waals surface area contributed by atoms with E-state index >= 15 is 0 Å². The Labute approximate surface area is 107 Å². The van der Waals surface area contributed by atoms with Crippen molar-refractivity contribution >= 4 is 0 Å². The van der Waals surface area contributed by atoms with Gasteiger partial charge in [-0.2, -0.15) is 0 Å². The number of ether oxygens (including phenoxy) is 1. The maximum atomic E-state index is 5.63. The van der Waals surface area contributed by atoms with Crippen LogP contribution in [0.15, 0.2) is 0 Å². The first kappa shape index (κ1) is 14.9. The van der Waals surface area contributed by atoms with Gasteiger partial charge in [0.15, 0.2) is 0 Å². The van der Waals surface area contributed by atoms with E-state index in [1.165, 1.54) is 25.8 Å². The van der Waals surface area contributed by atoms with E-state index in [0.717, 1.165) is 25.7 Å². The Bertz CT molecular complexity index is 197. The molecule has 1 heterocycles. The zero-order valence-electron chi connectivity index (χ0n) is 12.0. The third-order valence-electron chi connectivity index (χ3n) is 3.53. The van der Waals surface area contributed by atoms with Crippen LogP contribution in [0.1, 0.15) is 47.0 Å². The fourth-order valence-electron chi connectivity index (χ4n) is 2.49. The fourth-order valence-corrected chi connectivity index (χ4v) is 2.49. The van der Waals surface area contributed by atoms with Gasteiger partial charge in [-0.25, -0.2) is 0 Å². The van der Waals surface area contributed by atoms with Crippen LogP contribution < -0.4 is 5.32 Å². The van der Waals surface area contributed by atoms with Gasteiger partial charge in [0.1, 0.15) is 0 Å². The molecule has 0 aliphatic carbocycles. The minimum atomic E-state index is 0.356. The second kappa shape index (κ2) is 8.06. The molecular weight excluding hydrogens is 212 g/mol. The van der Waals surface area contributed by atoms with Gasteiger partial charge < -0.3 is 10.1 Å². The van der Waals surface area contributed by atoms with Crippen LogP contribution in [0, 0.1) is 0 Å². The van der Waals surface area contributed by atoms with Crippen molar-refractivity contribution in [1.29, 1.82) is 0 Å². The number of hydrogen-bond donors (Lipinski definition) is 1. The summed E-state index contributed by atoms with van der Waals surface area (Å²) < 4.78 is 5.63. The number of nitrogens with one attached hydrogen (secondary N) is 1. The highest BCUT2D eigenvalue weighted by molar-refractivity contribution is 4.82. The Morgan fingerprint density at radius 3 is 2.76 bits per heavy atom. The van der Waals surface area contributed by atoms with Crippen LogP contribution >= 0.6 is 0 Å². The van der Waals surface area contributed by atoms with Crippen LogP contribution in [-0.4, -0.2) is 49.3 Å². The van der Waals surface area contributed by atoms with Crippen LogP contribution in [-0.2, 0) is 4.74 Å². The average Bonchev–Trinajstić information content (AvgIpc) is 2.28. The van der Waals surface area contributed by atoms with E-state index in [1.54, 1.807) is 0 Å². The van der Waals surface area contributed by atoms with Gasteiger partial charge in [-0.1, -0.05) is 6.92 Å². The Kier molecular flexibility index (Phi) is 7.09. The molecule has 1 fully saturated rings. The Morgan fingerprint density at radius 2 is 2.18 bits per heavy atom. The minimum absolute atomic E-state index is 0.356. The third kappa shape index (κ3) is 5.84. The van der Waals surface area contributed by atoms with Gasteiger partial charge in [0.05, 0.1) is 12.7 Å². The zero-order chi connectivity index (χ0) is 12.7. The van der Waals surface area contributed by atoms with Crippen molar-refractivity contribution in [3.05, 3.63) is 0 Å². The number of nitrogens with zero attached hydrogens (tertiary/aromatic N) is 1. The SMILES string of the molecule is CCCNC1CCN(CCOC(C)C)C(C)C1. The summed E-state index contributed by atoms with van der Waals surface area (Å²) in [6, 6.07) is 1.42. The summed E-state index contributed by atoms with van der Waals surface area (Å²) in [7, 11) is 0. The van der Waals surface area contributed by atoms with Crippen molar-refractivity contribution < 1.29 is 4.74 Å². The highest BCUT2D eigenvalue weighted by atomic mass is 16.5. The van der Waals surface area contributed by atoms with Crippen molar-refractivity contribution in [2.75, 3.05) is 26.2 Å². The topological polar surface area (TPSA) is 24.5 Å². The Morgan fingerprint density at radius 1 is 1.41 bits per heavy atom. The van der Waals surface area contributed by atoms with Crippen molar-refractivity contribution in [3.8, 4) is 0 Å². The molecule has 0 saturated carbocycles. The fraction of sp³-hybridized carbons (Fsp3) is 1.00. The quantitative estimate of drug-likeness (QED) is 0.741. The summed E-state index contributed by atoms with van der Waals surface area (Å²) in [6.45, 7) is 13.1. The number of piperidine rings is 1. The van der Waals surface area contributed by atoms with Gasteiger partial charge in [0.25, 0.3) is 0 Å². The molecule has 0 aromatic rings. The lowest BCUT2D eigenvalue weighted by molar-refractivity contribution is 0.0389. The van der Waals surface area contributed by atoms with Crippen LogP contribution in [0.5, 0.6) is 0 Å². The molecule has 0 radical (unpaired) electrons. The van der Waals surface area contributed by atoms with Crippen molar-refractivity contribution in [2.24, 2.45) is 0 Å². The van der Waals surface area contributed by atoms with Crippen molar-refractivity contribution in [1.82, 2.24) is 10.2 Å². The first-order valence-electron chi connectivity index (χ1n) is 7.22. The molecular formula is C14H30N2O. The third-order valence-corrected chi connectivity index (χ3v) is 3.53. The Balaban J connectivity index is 2.18. The van der Waals surface area contributed by atoms with Gasteiger partial charge in [-0.3, -0.25) is 4.90 Å². The summed E-state index contributed by atoms with van der Waals surface area (Å²) >= 11 is 0. The van der Waals surface area contributed by atoms with Crippen molar-refractivity contribution in [2.45, 2.75) is 65.1 Å². The zero-order valence-corrected chi connectivity index (χ0v) is 12.0. The van der Waals surface area contributed by atoms with Crippen LogP contribution in [0.2, 0.25) is 0 Å². The van der Waals surface area contributed by atoms with E-state index in [4.69, 9.17) is 4.74 Å². The molecule has 2 unspecified atom stereocenters. The molecule has 3 nitrogen and oxygen atoms in total. The first-order chi connectivity index (χ1) is 8.13. The molecule has 1 aliphatic heterocycles. The molecule has 0 aromatic carbocycles. The number of rotatable bonds is 7. The van der Waals surface area contributed by atoms with E-state index in [2.05, 4.69) is 37.9 Å². The molecule has 0 aromatic heterocycles. The molecule has 102 valence electrons. The summed E-state index contributed by atoms with van der Waals surface area (Å²) in [5.41, 5.74) is 0. The summed E-state index contributed by atoms with van der Waals surface area (Å²) in [4.78, 5) is 2.56. The molecule has 1 N–H and O–H groups in total. The predicted molar refractivity (Wildman–Crippen MR) is 73.4 cm³/mol. The minimum Gasteiger partial charge on any atom is -0.377 e. The van der Waals surface area contributed by atoms with Gasteiger partial charge >= 0.3 is 0 Å². The lowest BCUT2D eigenvalue weighted by Crippen LogP contribution is -2.48.